The second-order valence-corrected chi connectivity index (χ2v) is 9.04. The van der Waals surface area contributed by atoms with Crippen LogP contribution < -0.4 is 0 Å². The Morgan fingerprint density at radius 2 is 2.03 bits per heavy atom. The summed E-state index contributed by atoms with van der Waals surface area (Å²) in [6.07, 6.45) is 26.6. The van der Waals surface area contributed by atoms with Crippen molar-refractivity contribution in [2.45, 2.75) is 71.6 Å². The van der Waals surface area contributed by atoms with Crippen LogP contribution in [0.2, 0.25) is 0 Å². The first-order valence-electron chi connectivity index (χ1n) is 11.8. The van der Waals surface area contributed by atoms with E-state index in [2.05, 4.69) is 61.6 Å². The molecule has 2 rings (SSSR count). The third-order valence-corrected chi connectivity index (χ3v) is 6.42. The van der Waals surface area contributed by atoms with Crippen LogP contribution in [0.1, 0.15) is 71.6 Å². The first-order chi connectivity index (χ1) is 14.6. The molecule has 0 N–H and O–H groups in total. The molecule has 1 unspecified atom stereocenters. The molecule has 1 saturated carbocycles. The normalized spacial score (nSPS) is 25.6. The summed E-state index contributed by atoms with van der Waals surface area (Å²) in [4.78, 5) is 10.2. The Morgan fingerprint density at radius 1 is 1.23 bits per heavy atom. The molecular weight excluding hydrogens is 370 g/mol. The molecule has 0 aromatic heterocycles. The fraction of sp³-hybridized carbons (Fsp3) is 0.630. The molecule has 30 heavy (non-hydrogen) atoms. The van der Waals surface area contributed by atoms with Gasteiger partial charge in [-0.2, -0.15) is 4.91 Å². The molecule has 0 radical (unpaired) electrons. The molecule has 1 fully saturated rings. The van der Waals surface area contributed by atoms with Crippen molar-refractivity contribution in [3.8, 4) is 0 Å². The molecule has 0 spiro atoms. The number of rotatable bonds is 12. The van der Waals surface area contributed by atoms with Crippen LogP contribution in [0.15, 0.2) is 64.4 Å². The van der Waals surface area contributed by atoms with Crippen LogP contribution in [0.4, 0.5) is 0 Å². The Morgan fingerprint density at radius 3 is 2.70 bits per heavy atom. The minimum Gasteiger partial charge on any atom is -0.385 e. The predicted octanol–water partition coefficient (Wildman–Crippen LogP) is 7.72. The van der Waals surface area contributed by atoms with Crippen molar-refractivity contribution >= 4 is 0 Å². The van der Waals surface area contributed by atoms with E-state index in [4.69, 9.17) is 4.74 Å². The van der Waals surface area contributed by atoms with Gasteiger partial charge in [-0.25, -0.2) is 0 Å². The van der Waals surface area contributed by atoms with E-state index < -0.39 is 0 Å². The smallest absolute Gasteiger partial charge is 0.0814 e. The zero-order valence-electron chi connectivity index (χ0n) is 19.3. The highest BCUT2D eigenvalue weighted by Crippen LogP contribution is 2.36. The van der Waals surface area contributed by atoms with E-state index in [0.717, 1.165) is 50.5 Å². The summed E-state index contributed by atoms with van der Waals surface area (Å²) in [6, 6.07) is 0. The van der Waals surface area contributed by atoms with Crippen molar-refractivity contribution in [2.75, 3.05) is 20.3 Å². The molecule has 0 aliphatic heterocycles. The second kappa shape index (κ2) is 14.3. The van der Waals surface area contributed by atoms with Gasteiger partial charge in [0.2, 0.25) is 0 Å². The van der Waals surface area contributed by atoms with Crippen LogP contribution in [0, 0.1) is 22.7 Å². The average Bonchev–Trinajstić information content (AvgIpc) is 2.76. The summed E-state index contributed by atoms with van der Waals surface area (Å²) >= 11 is 0. The van der Waals surface area contributed by atoms with Crippen molar-refractivity contribution < 1.29 is 4.74 Å². The monoisotopic (exact) mass is 411 g/mol. The average molecular weight is 412 g/mol. The number of allylic oxidation sites excluding steroid dienone is 10. The van der Waals surface area contributed by atoms with Crippen LogP contribution in [-0.4, -0.2) is 20.3 Å². The summed E-state index contributed by atoms with van der Waals surface area (Å²) in [7, 11) is 1.76. The maximum absolute atomic E-state index is 10.2. The van der Waals surface area contributed by atoms with Crippen molar-refractivity contribution in [1.82, 2.24) is 0 Å². The standard InChI is InChI=1S/C27H41NO2/c1-22-11-13-24(14-12-22)25-15-17-26(18-16-25)27(10-6-4-5-7-19-28-29)21-23(2)9-8-20-30-3/h4,6,10,15-17,21-22,24,26H,5,7-9,11-14,18-20H2,1-3H3/b6-4+,23-21+,27-10+. The van der Waals surface area contributed by atoms with Gasteiger partial charge in [-0.15, -0.1) is 0 Å². The largest absolute Gasteiger partial charge is 0.385 e. The third-order valence-electron chi connectivity index (χ3n) is 6.42. The minimum absolute atomic E-state index is 0.401. The van der Waals surface area contributed by atoms with E-state index in [-0.39, 0.29) is 0 Å². The van der Waals surface area contributed by atoms with Crippen LogP contribution in [0.25, 0.3) is 0 Å². The maximum Gasteiger partial charge on any atom is 0.0814 e. The van der Waals surface area contributed by atoms with Crippen LogP contribution in [-0.2, 0) is 4.74 Å². The first-order valence-corrected chi connectivity index (χ1v) is 11.8. The van der Waals surface area contributed by atoms with Crippen LogP contribution >= 0.6 is 0 Å². The lowest BCUT2D eigenvalue weighted by Gasteiger charge is -2.29. The highest BCUT2D eigenvalue weighted by molar-refractivity contribution is 5.37. The first kappa shape index (κ1) is 24.5. The SMILES string of the molecule is COCCC/C(C)=C/C(=C\C=C\CCCN=O)C1C=CC(C2CCC(C)CC2)=CC1. The molecule has 0 heterocycles. The molecule has 3 heteroatoms. The molecule has 0 aromatic carbocycles. The van der Waals surface area contributed by atoms with Crippen LogP contribution in [0.3, 0.4) is 0 Å². The molecule has 0 amide bonds. The van der Waals surface area contributed by atoms with Gasteiger partial charge in [0.1, 0.15) is 0 Å². The summed E-state index contributed by atoms with van der Waals surface area (Å²) in [5.41, 5.74) is 4.34. The molecule has 3 nitrogen and oxygen atoms in total. The molecule has 1 atom stereocenters. The second-order valence-electron chi connectivity index (χ2n) is 9.04. The summed E-state index contributed by atoms with van der Waals surface area (Å²) < 4.78 is 5.20. The Balaban J connectivity index is 2.02. The number of nitroso groups, excluding NO2 is 1. The Labute approximate surface area is 184 Å². The van der Waals surface area contributed by atoms with Gasteiger partial charge in [0.05, 0.1) is 6.54 Å². The van der Waals surface area contributed by atoms with Gasteiger partial charge in [-0.1, -0.05) is 73.0 Å². The lowest BCUT2D eigenvalue weighted by atomic mass is 9.76. The Hall–Kier alpha value is -1.74. The zero-order chi connectivity index (χ0) is 21.6. The molecule has 2 aliphatic rings. The molecule has 2 aliphatic carbocycles. The molecule has 0 saturated heterocycles. The van der Waals surface area contributed by atoms with E-state index in [9.17, 15) is 4.91 Å². The number of hydrogen-bond acceptors (Lipinski definition) is 3. The van der Waals surface area contributed by atoms with E-state index in [1.165, 1.54) is 36.8 Å². The van der Waals surface area contributed by atoms with Gasteiger partial charge >= 0.3 is 0 Å². The lowest BCUT2D eigenvalue weighted by Crippen LogP contribution is -2.15. The van der Waals surface area contributed by atoms with Crippen molar-refractivity contribution in [2.24, 2.45) is 22.9 Å². The predicted molar refractivity (Wildman–Crippen MR) is 128 cm³/mol. The van der Waals surface area contributed by atoms with E-state index in [1.54, 1.807) is 12.7 Å². The lowest BCUT2D eigenvalue weighted by molar-refractivity contribution is 0.195. The highest BCUT2D eigenvalue weighted by atomic mass is 16.5. The van der Waals surface area contributed by atoms with Gasteiger partial charge in [0.15, 0.2) is 0 Å². The summed E-state index contributed by atoms with van der Waals surface area (Å²) in [6.45, 7) is 5.82. The maximum atomic E-state index is 10.2. The fourth-order valence-electron chi connectivity index (χ4n) is 4.46. The Bertz CT molecular complexity index is 660. The van der Waals surface area contributed by atoms with Gasteiger partial charge < -0.3 is 4.74 Å². The number of hydrogen-bond donors (Lipinski definition) is 0. The van der Waals surface area contributed by atoms with E-state index >= 15 is 0 Å². The summed E-state index contributed by atoms with van der Waals surface area (Å²) in [5.74, 6) is 2.11. The van der Waals surface area contributed by atoms with Crippen molar-refractivity contribution in [3.05, 3.63) is 64.2 Å². The van der Waals surface area contributed by atoms with E-state index in [1.807, 2.05) is 0 Å². The molecule has 0 bridgehead atoms. The minimum atomic E-state index is 0.401. The number of ether oxygens (including phenoxy) is 1. The molecular formula is C27H41NO2. The Kier molecular flexibility index (Phi) is 11.7. The zero-order valence-corrected chi connectivity index (χ0v) is 19.3. The number of nitrogens with zero attached hydrogens (tertiary/aromatic N) is 1. The fourth-order valence-corrected chi connectivity index (χ4v) is 4.46. The topological polar surface area (TPSA) is 38.7 Å². The van der Waals surface area contributed by atoms with Crippen LogP contribution in [0.5, 0.6) is 0 Å². The van der Waals surface area contributed by atoms with Crippen molar-refractivity contribution in [1.29, 1.82) is 0 Å². The van der Waals surface area contributed by atoms with Gasteiger partial charge in [-0.05, 0) is 74.9 Å². The highest BCUT2D eigenvalue weighted by Gasteiger charge is 2.22. The van der Waals surface area contributed by atoms with E-state index in [0.29, 0.717) is 12.5 Å². The van der Waals surface area contributed by atoms with Crippen molar-refractivity contribution in [3.63, 3.8) is 0 Å². The third kappa shape index (κ3) is 8.95. The van der Waals surface area contributed by atoms with Gasteiger partial charge in [0, 0.05) is 19.6 Å². The summed E-state index contributed by atoms with van der Waals surface area (Å²) in [5, 5.41) is 2.93. The number of unbranched alkanes of at least 4 members (excludes halogenated alkanes) is 1. The molecule has 0 aromatic rings. The van der Waals surface area contributed by atoms with Gasteiger partial charge in [0.25, 0.3) is 0 Å². The molecule has 166 valence electrons. The number of methoxy groups -OCH3 is 1. The van der Waals surface area contributed by atoms with Gasteiger partial charge in [-0.3, -0.25) is 0 Å². The quantitative estimate of drug-likeness (QED) is 0.187.